The van der Waals surface area contributed by atoms with Crippen LogP contribution in [0.1, 0.15) is 26.3 Å². The van der Waals surface area contributed by atoms with E-state index in [0.29, 0.717) is 5.89 Å². The molecule has 7 aromatic carbocycles. The van der Waals surface area contributed by atoms with E-state index in [2.05, 4.69) is 189 Å². The topological polar surface area (TPSA) is 31.0 Å². The van der Waals surface area contributed by atoms with Crippen LogP contribution in [-0.2, 0) is 5.41 Å². The normalized spacial score (nSPS) is 11.9. The number of oxazole rings is 1. The summed E-state index contributed by atoms with van der Waals surface area (Å²) in [6, 6.07) is 58.6. The highest BCUT2D eigenvalue weighted by Gasteiger charge is 2.18. The van der Waals surface area contributed by atoms with Crippen LogP contribution < -0.4 is 0 Å². The van der Waals surface area contributed by atoms with Crippen molar-refractivity contribution in [1.29, 1.82) is 0 Å². The van der Waals surface area contributed by atoms with Gasteiger partial charge in [-0.25, -0.2) is 4.98 Å². The Balaban J connectivity index is 1.06. The van der Waals surface area contributed by atoms with Crippen molar-refractivity contribution >= 4 is 32.9 Å². The quantitative estimate of drug-likeness (QED) is 0.187. The zero-order chi connectivity index (χ0) is 33.8. The first-order valence-electron chi connectivity index (χ1n) is 17.2. The van der Waals surface area contributed by atoms with Crippen molar-refractivity contribution in [2.24, 2.45) is 0 Å². The van der Waals surface area contributed by atoms with Crippen molar-refractivity contribution in [3.05, 3.63) is 169 Å². The smallest absolute Gasteiger partial charge is 0.227 e. The Hall–Kier alpha value is -6.19. The van der Waals surface area contributed by atoms with E-state index < -0.39 is 0 Å². The van der Waals surface area contributed by atoms with E-state index in [9.17, 15) is 0 Å². The summed E-state index contributed by atoms with van der Waals surface area (Å²) in [5, 5.41) is 2.54. The van der Waals surface area contributed by atoms with Crippen LogP contribution in [0, 0.1) is 0 Å². The molecule has 9 aromatic rings. The number of fused-ring (bicyclic) bond motifs is 4. The standard InChI is InChI=1S/C47H36N2O/c1-47(2,3)34-26-29-42-45(30-34)50-46(48-42)33-22-20-31(21-23-33)36-12-4-6-14-38(36)39-15-7-5-13-37(39)32-24-27-35(28-25-32)49-43-18-10-8-16-40(43)41-17-9-11-19-44(41)49/h4-30H,1-3H3. The highest BCUT2D eigenvalue weighted by atomic mass is 16.3. The molecule has 0 aliphatic heterocycles. The van der Waals surface area contributed by atoms with Crippen LogP contribution in [0.15, 0.2) is 168 Å². The molecule has 2 aromatic heterocycles. The fraction of sp³-hybridized carbons (Fsp3) is 0.0851. The number of hydrogen-bond acceptors (Lipinski definition) is 2. The van der Waals surface area contributed by atoms with Crippen LogP contribution in [0.2, 0.25) is 0 Å². The minimum absolute atomic E-state index is 0.0473. The highest BCUT2D eigenvalue weighted by Crippen LogP contribution is 2.40. The maximum Gasteiger partial charge on any atom is 0.227 e. The number of rotatable bonds is 5. The van der Waals surface area contributed by atoms with E-state index >= 15 is 0 Å². The van der Waals surface area contributed by atoms with Crippen molar-refractivity contribution in [3.63, 3.8) is 0 Å². The van der Waals surface area contributed by atoms with Crippen LogP contribution in [0.5, 0.6) is 0 Å². The fourth-order valence-electron chi connectivity index (χ4n) is 7.24. The van der Waals surface area contributed by atoms with Crippen LogP contribution in [0.3, 0.4) is 0 Å². The SMILES string of the molecule is CC(C)(C)c1ccc2nc(-c3ccc(-c4ccccc4-c4ccccc4-c4ccc(-n5c6ccccc6c6ccccc65)cc4)cc3)oc2c1. The fourth-order valence-corrected chi connectivity index (χ4v) is 7.24. The molecule has 0 fully saturated rings. The van der Waals surface area contributed by atoms with Gasteiger partial charge in [-0.05, 0) is 92.9 Å². The molecule has 0 atom stereocenters. The minimum Gasteiger partial charge on any atom is -0.436 e. The molecule has 9 rings (SSSR count). The summed E-state index contributed by atoms with van der Waals surface area (Å²) in [6.07, 6.45) is 0. The lowest BCUT2D eigenvalue weighted by Crippen LogP contribution is -2.10. The molecule has 50 heavy (non-hydrogen) atoms. The van der Waals surface area contributed by atoms with Gasteiger partial charge in [-0.3, -0.25) is 0 Å². The molecule has 3 heteroatoms. The van der Waals surface area contributed by atoms with E-state index in [1.807, 2.05) is 0 Å². The Morgan fingerprint density at radius 3 is 1.52 bits per heavy atom. The number of nitrogens with zero attached hydrogens (tertiary/aromatic N) is 2. The van der Waals surface area contributed by atoms with Crippen molar-refractivity contribution in [1.82, 2.24) is 9.55 Å². The first kappa shape index (κ1) is 29.9. The summed E-state index contributed by atoms with van der Waals surface area (Å²) in [5.41, 5.74) is 14.6. The minimum atomic E-state index is 0.0473. The molecule has 2 heterocycles. The van der Waals surface area contributed by atoms with Gasteiger partial charge in [0, 0.05) is 22.0 Å². The maximum absolute atomic E-state index is 6.25. The molecule has 0 aliphatic carbocycles. The molecule has 0 amide bonds. The Kier molecular flexibility index (Phi) is 7.03. The second kappa shape index (κ2) is 11.7. The molecule has 0 N–H and O–H groups in total. The van der Waals surface area contributed by atoms with Gasteiger partial charge in [0.1, 0.15) is 5.52 Å². The van der Waals surface area contributed by atoms with Gasteiger partial charge in [-0.1, -0.05) is 136 Å². The second-order valence-electron chi connectivity index (χ2n) is 14.0. The zero-order valence-corrected chi connectivity index (χ0v) is 28.4. The molecule has 240 valence electrons. The van der Waals surface area contributed by atoms with Crippen molar-refractivity contribution in [2.45, 2.75) is 26.2 Å². The maximum atomic E-state index is 6.25. The van der Waals surface area contributed by atoms with E-state index in [-0.39, 0.29) is 5.41 Å². The predicted octanol–water partition coefficient (Wildman–Crippen LogP) is 12.9. The summed E-state index contributed by atoms with van der Waals surface area (Å²) in [5.74, 6) is 0.639. The monoisotopic (exact) mass is 644 g/mol. The van der Waals surface area contributed by atoms with Gasteiger partial charge in [0.25, 0.3) is 0 Å². The van der Waals surface area contributed by atoms with E-state index in [1.54, 1.807) is 0 Å². The molecular formula is C47H36N2O. The van der Waals surface area contributed by atoms with E-state index in [4.69, 9.17) is 9.40 Å². The van der Waals surface area contributed by atoms with Crippen LogP contribution >= 0.6 is 0 Å². The van der Waals surface area contributed by atoms with Crippen molar-refractivity contribution < 1.29 is 4.42 Å². The molecule has 0 aliphatic rings. The van der Waals surface area contributed by atoms with Crippen LogP contribution in [0.4, 0.5) is 0 Å². The summed E-state index contributed by atoms with van der Waals surface area (Å²) in [7, 11) is 0. The van der Waals surface area contributed by atoms with Gasteiger partial charge in [-0.15, -0.1) is 0 Å². The van der Waals surface area contributed by atoms with Gasteiger partial charge >= 0.3 is 0 Å². The number of hydrogen-bond donors (Lipinski definition) is 0. The Labute approximate surface area is 292 Å². The van der Waals surface area contributed by atoms with Gasteiger partial charge in [0.05, 0.1) is 11.0 Å². The third-order valence-electron chi connectivity index (χ3n) is 9.86. The summed E-state index contributed by atoms with van der Waals surface area (Å²) in [4.78, 5) is 4.80. The first-order chi connectivity index (χ1) is 24.4. The molecular weight excluding hydrogens is 609 g/mol. The molecule has 0 radical (unpaired) electrons. The highest BCUT2D eigenvalue weighted by molar-refractivity contribution is 6.09. The third-order valence-corrected chi connectivity index (χ3v) is 9.86. The van der Waals surface area contributed by atoms with Gasteiger partial charge in [-0.2, -0.15) is 0 Å². The lowest BCUT2D eigenvalue weighted by atomic mass is 9.87. The van der Waals surface area contributed by atoms with E-state index in [0.717, 1.165) is 27.9 Å². The van der Waals surface area contributed by atoms with Crippen molar-refractivity contribution in [2.75, 3.05) is 0 Å². The Morgan fingerprint density at radius 2 is 0.960 bits per heavy atom. The first-order valence-corrected chi connectivity index (χ1v) is 17.2. The second-order valence-corrected chi connectivity index (χ2v) is 14.0. The molecule has 0 bridgehead atoms. The molecule has 0 saturated heterocycles. The van der Waals surface area contributed by atoms with Gasteiger partial charge < -0.3 is 8.98 Å². The number of benzene rings is 7. The molecule has 3 nitrogen and oxygen atoms in total. The molecule has 0 spiro atoms. The molecule has 0 saturated carbocycles. The average Bonchev–Trinajstić information content (AvgIpc) is 3.74. The Morgan fingerprint density at radius 1 is 0.480 bits per heavy atom. The average molecular weight is 645 g/mol. The van der Waals surface area contributed by atoms with Crippen LogP contribution in [-0.4, -0.2) is 9.55 Å². The largest absolute Gasteiger partial charge is 0.436 e. The lowest BCUT2D eigenvalue weighted by Gasteiger charge is -2.18. The summed E-state index contributed by atoms with van der Waals surface area (Å²) in [6.45, 7) is 6.64. The summed E-state index contributed by atoms with van der Waals surface area (Å²) < 4.78 is 8.62. The van der Waals surface area contributed by atoms with Gasteiger partial charge in [0.2, 0.25) is 5.89 Å². The van der Waals surface area contributed by atoms with Gasteiger partial charge in [0.15, 0.2) is 5.58 Å². The number of para-hydroxylation sites is 2. The predicted molar refractivity (Wildman–Crippen MR) is 209 cm³/mol. The molecule has 0 unspecified atom stereocenters. The van der Waals surface area contributed by atoms with E-state index in [1.165, 1.54) is 55.2 Å². The summed E-state index contributed by atoms with van der Waals surface area (Å²) >= 11 is 0. The zero-order valence-electron chi connectivity index (χ0n) is 28.4. The lowest BCUT2D eigenvalue weighted by molar-refractivity contribution is 0.584. The van der Waals surface area contributed by atoms with Crippen molar-refractivity contribution in [3.8, 4) is 50.5 Å². The Bertz CT molecular complexity index is 2610. The van der Waals surface area contributed by atoms with Crippen LogP contribution in [0.25, 0.3) is 83.4 Å². The number of aromatic nitrogens is 2. The third kappa shape index (κ3) is 5.10.